The second-order valence-corrected chi connectivity index (χ2v) is 9.51. The molecule has 0 aliphatic carbocycles. The SMILES string of the molecule is C=CCN1C(=O)C(=Cc2c(N3CC(C)OC(C)C3)nc3ccc(C)cn3c2=O)SC1=S. The van der Waals surface area contributed by atoms with Crippen LogP contribution >= 0.6 is 24.0 Å². The first-order chi connectivity index (χ1) is 14.8. The molecular formula is C22H24N4O3S2. The van der Waals surface area contributed by atoms with Crippen LogP contribution in [0, 0.1) is 6.92 Å². The van der Waals surface area contributed by atoms with Gasteiger partial charge in [0.05, 0.1) is 22.7 Å². The van der Waals surface area contributed by atoms with E-state index in [9.17, 15) is 9.59 Å². The van der Waals surface area contributed by atoms with E-state index in [-0.39, 0.29) is 23.7 Å². The zero-order valence-electron chi connectivity index (χ0n) is 17.7. The number of aromatic nitrogens is 2. The minimum atomic E-state index is -0.224. The minimum absolute atomic E-state index is 0.000621. The van der Waals surface area contributed by atoms with Gasteiger partial charge in [-0.2, -0.15) is 0 Å². The van der Waals surface area contributed by atoms with Gasteiger partial charge in [0, 0.05) is 25.8 Å². The Hall–Kier alpha value is -2.49. The molecule has 2 atom stereocenters. The first kappa shape index (κ1) is 21.7. The van der Waals surface area contributed by atoms with Crippen LogP contribution in [0.1, 0.15) is 25.0 Å². The number of thiocarbonyl (C=S) groups is 1. The molecule has 2 aromatic rings. The Balaban J connectivity index is 1.89. The van der Waals surface area contributed by atoms with E-state index in [2.05, 4.69) is 11.5 Å². The number of anilines is 1. The van der Waals surface area contributed by atoms with Gasteiger partial charge < -0.3 is 9.64 Å². The summed E-state index contributed by atoms with van der Waals surface area (Å²) in [6.45, 7) is 11.2. The van der Waals surface area contributed by atoms with E-state index < -0.39 is 0 Å². The number of carbonyl (C=O) groups excluding carboxylic acids is 1. The molecule has 162 valence electrons. The number of thioether (sulfide) groups is 1. The van der Waals surface area contributed by atoms with E-state index in [0.29, 0.717) is 45.9 Å². The molecule has 2 aliphatic heterocycles. The zero-order chi connectivity index (χ0) is 22.3. The van der Waals surface area contributed by atoms with E-state index in [0.717, 1.165) is 5.56 Å². The normalized spacial score (nSPS) is 23.3. The summed E-state index contributed by atoms with van der Waals surface area (Å²) in [5, 5.41) is 0. The summed E-state index contributed by atoms with van der Waals surface area (Å²) in [5.74, 6) is 0.336. The number of ether oxygens (including phenoxy) is 1. The van der Waals surface area contributed by atoms with Crippen LogP contribution in [-0.4, -0.2) is 56.4 Å². The highest BCUT2D eigenvalue weighted by atomic mass is 32.2. The van der Waals surface area contributed by atoms with Crippen LogP contribution in [0.3, 0.4) is 0 Å². The topological polar surface area (TPSA) is 67.2 Å². The van der Waals surface area contributed by atoms with Crippen LogP contribution in [0.4, 0.5) is 5.82 Å². The number of carbonyl (C=O) groups is 1. The van der Waals surface area contributed by atoms with Gasteiger partial charge in [-0.25, -0.2) is 4.98 Å². The Kier molecular flexibility index (Phi) is 6.00. The Labute approximate surface area is 190 Å². The molecule has 2 fully saturated rings. The van der Waals surface area contributed by atoms with Gasteiger partial charge >= 0.3 is 0 Å². The fourth-order valence-electron chi connectivity index (χ4n) is 3.88. The Morgan fingerprint density at radius 3 is 2.68 bits per heavy atom. The Morgan fingerprint density at radius 2 is 2.00 bits per heavy atom. The third kappa shape index (κ3) is 4.17. The highest BCUT2D eigenvalue weighted by Gasteiger charge is 2.33. The average Bonchev–Trinajstić information content (AvgIpc) is 2.97. The van der Waals surface area contributed by atoms with Gasteiger partial charge in [-0.3, -0.25) is 18.9 Å². The standard InChI is InChI=1S/C22H24N4O3S2/c1-5-8-25-21(28)17(31-22(25)30)9-16-19(24-11-14(3)29-15(4)12-24)23-18-7-6-13(2)10-26(18)20(16)27/h5-7,9-10,14-15H,1,8,11-12H2,2-4H3. The predicted molar refractivity (Wildman–Crippen MR) is 128 cm³/mol. The molecule has 2 aromatic heterocycles. The van der Waals surface area contributed by atoms with Crippen molar-refractivity contribution in [1.29, 1.82) is 0 Å². The number of hydrogen-bond donors (Lipinski definition) is 0. The number of hydrogen-bond acceptors (Lipinski definition) is 7. The summed E-state index contributed by atoms with van der Waals surface area (Å²) in [6.07, 6.45) is 5.03. The first-order valence-electron chi connectivity index (χ1n) is 10.1. The number of amides is 1. The van der Waals surface area contributed by atoms with Gasteiger partial charge in [-0.05, 0) is 38.5 Å². The van der Waals surface area contributed by atoms with Crippen molar-refractivity contribution in [3.63, 3.8) is 0 Å². The number of morpholine rings is 1. The smallest absolute Gasteiger partial charge is 0.267 e. The fourth-order valence-corrected chi connectivity index (χ4v) is 5.14. The third-order valence-corrected chi connectivity index (χ3v) is 6.54. The maximum Gasteiger partial charge on any atom is 0.267 e. The van der Waals surface area contributed by atoms with Crippen LogP contribution in [0.5, 0.6) is 0 Å². The van der Waals surface area contributed by atoms with Crippen molar-refractivity contribution >= 4 is 51.7 Å². The summed E-state index contributed by atoms with van der Waals surface area (Å²) < 4.78 is 7.84. The highest BCUT2D eigenvalue weighted by molar-refractivity contribution is 8.26. The number of aryl methyl sites for hydroxylation is 1. The van der Waals surface area contributed by atoms with E-state index >= 15 is 0 Å². The molecule has 0 spiro atoms. The van der Waals surface area contributed by atoms with Crippen molar-refractivity contribution in [2.75, 3.05) is 24.5 Å². The molecule has 0 saturated carbocycles. The average molecular weight is 457 g/mol. The molecule has 7 nitrogen and oxygen atoms in total. The van der Waals surface area contributed by atoms with Crippen LogP contribution in [0.2, 0.25) is 0 Å². The first-order valence-corrected chi connectivity index (χ1v) is 11.3. The van der Waals surface area contributed by atoms with Crippen LogP contribution in [-0.2, 0) is 9.53 Å². The summed E-state index contributed by atoms with van der Waals surface area (Å²) in [7, 11) is 0. The van der Waals surface area contributed by atoms with Crippen molar-refractivity contribution in [1.82, 2.24) is 14.3 Å². The Morgan fingerprint density at radius 1 is 1.29 bits per heavy atom. The lowest BCUT2D eigenvalue weighted by atomic mass is 10.1. The molecule has 9 heteroatoms. The molecule has 4 heterocycles. The molecule has 2 unspecified atom stereocenters. The van der Waals surface area contributed by atoms with Gasteiger partial charge in [0.15, 0.2) is 0 Å². The molecule has 4 rings (SSSR count). The number of fused-ring (bicyclic) bond motifs is 1. The number of rotatable bonds is 4. The van der Waals surface area contributed by atoms with Crippen LogP contribution in [0.15, 0.2) is 40.7 Å². The van der Waals surface area contributed by atoms with E-state index in [1.807, 2.05) is 32.9 Å². The van der Waals surface area contributed by atoms with Crippen molar-refractivity contribution in [2.24, 2.45) is 0 Å². The Bertz CT molecular complexity index is 1160. The molecule has 0 N–H and O–H groups in total. The molecule has 0 bridgehead atoms. The van der Waals surface area contributed by atoms with Gasteiger partial charge in [-0.1, -0.05) is 36.1 Å². The molecule has 1 amide bonds. The van der Waals surface area contributed by atoms with Gasteiger partial charge in [-0.15, -0.1) is 6.58 Å². The molecule has 0 radical (unpaired) electrons. The lowest BCUT2D eigenvalue weighted by molar-refractivity contribution is -0.121. The van der Waals surface area contributed by atoms with Crippen molar-refractivity contribution in [2.45, 2.75) is 33.0 Å². The maximum atomic E-state index is 13.5. The lowest BCUT2D eigenvalue weighted by Crippen LogP contribution is -2.46. The quantitative estimate of drug-likeness (QED) is 0.398. The predicted octanol–water partition coefficient (Wildman–Crippen LogP) is 3.00. The molecule has 0 aromatic carbocycles. The van der Waals surface area contributed by atoms with Gasteiger partial charge in [0.25, 0.3) is 11.5 Å². The van der Waals surface area contributed by atoms with E-state index in [1.165, 1.54) is 21.1 Å². The number of nitrogens with zero attached hydrogens (tertiary/aromatic N) is 4. The van der Waals surface area contributed by atoms with Crippen molar-refractivity contribution < 1.29 is 9.53 Å². The van der Waals surface area contributed by atoms with Crippen LogP contribution < -0.4 is 10.5 Å². The summed E-state index contributed by atoms with van der Waals surface area (Å²) in [6, 6.07) is 3.76. The molecular weight excluding hydrogens is 432 g/mol. The summed E-state index contributed by atoms with van der Waals surface area (Å²) >= 11 is 6.54. The largest absolute Gasteiger partial charge is 0.372 e. The van der Waals surface area contributed by atoms with Gasteiger partial charge in [0.1, 0.15) is 15.8 Å². The van der Waals surface area contributed by atoms with Crippen molar-refractivity contribution in [3.8, 4) is 0 Å². The molecule has 2 aliphatic rings. The van der Waals surface area contributed by atoms with E-state index in [1.54, 1.807) is 18.3 Å². The monoisotopic (exact) mass is 456 g/mol. The third-order valence-electron chi connectivity index (χ3n) is 5.17. The molecule has 2 saturated heterocycles. The van der Waals surface area contributed by atoms with Gasteiger partial charge in [0.2, 0.25) is 0 Å². The second kappa shape index (κ2) is 8.57. The summed E-state index contributed by atoms with van der Waals surface area (Å²) in [4.78, 5) is 35.2. The second-order valence-electron chi connectivity index (χ2n) is 7.83. The minimum Gasteiger partial charge on any atom is -0.372 e. The highest BCUT2D eigenvalue weighted by Crippen LogP contribution is 2.33. The number of pyridine rings is 1. The maximum absolute atomic E-state index is 13.5. The summed E-state index contributed by atoms with van der Waals surface area (Å²) in [5.41, 5.74) is 1.67. The van der Waals surface area contributed by atoms with Crippen LogP contribution in [0.25, 0.3) is 11.7 Å². The fraction of sp³-hybridized carbons (Fsp3) is 0.364. The van der Waals surface area contributed by atoms with Crippen molar-refractivity contribution in [3.05, 3.63) is 57.4 Å². The zero-order valence-corrected chi connectivity index (χ0v) is 19.3. The molecule has 31 heavy (non-hydrogen) atoms. The lowest BCUT2D eigenvalue weighted by Gasteiger charge is -2.36. The van der Waals surface area contributed by atoms with E-state index in [4.69, 9.17) is 21.9 Å².